The van der Waals surface area contributed by atoms with Gasteiger partial charge in [-0.2, -0.15) is 0 Å². The molecule has 0 bridgehead atoms. The first-order valence-electron chi connectivity index (χ1n) is 14.7. The monoisotopic (exact) mass is 511 g/mol. The molecule has 0 spiro atoms. The molecule has 0 N–H and O–H groups in total. The summed E-state index contributed by atoms with van der Waals surface area (Å²) in [4.78, 5) is 2.51. The third-order valence-corrected chi connectivity index (χ3v) is 7.75. The average Bonchev–Trinajstić information content (AvgIpc) is 3.18. The van der Waals surface area contributed by atoms with Crippen LogP contribution in [0.25, 0.3) is 5.57 Å². The fraction of sp³-hybridized carbons (Fsp3) is 0.444. The maximum absolute atomic E-state index is 5.80. The van der Waals surface area contributed by atoms with E-state index in [1.165, 1.54) is 48.0 Å². The van der Waals surface area contributed by atoms with E-state index in [0.29, 0.717) is 12.5 Å². The lowest BCUT2D eigenvalue weighted by atomic mass is 9.90. The number of nitrogens with zero attached hydrogens (tertiary/aromatic N) is 1. The zero-order valence-corrected chi connectivity index (χ0v) is 24.6. The molecule has 1 aliphatic carbocycles. The van der Waals surface area contributed by atoms with Crippen molar-refractivity contribution in [3.63, 3.8) is 0 Å². The maximum Gasteiger partial charge on any atom is 0.122 e. The van der Waals surface area contributed by atoms with Crippen LogP contribution in [0.3, 0.4) is 0 Å². The third-order valence-electron chi connectivity index (χ3n) is 7.75. The molecule has 0 aromatic heterocycles. The topological polar surface area (TPSA) is 12.5 Å². The summed E-state index contributed by atoms with van der Waals surface area (Å²) < 4.78 is 5.80. The van der Waals surface area contributed by atoms with Crippen LogP contribution in [0.15, 0.2) is 84.5 Å². The smallest absolute Gasteiger partial charge is 0.122 e. The molecule has 204 valence electrons. The van der Waals surface area contributed by atoms with E-state index in [9.17, 15) is 0 Å². The minimum absolute atomic E-state index is 0.663. The van der Waals surface area contributed by atoms with Crippen molar-refractivity contribution in [3.05, 3.63) is 107 Å². The fourth-order valence-corrected chi connectivity index (χ4v) is 5.24. The first-order valence-corrected chi connectivity index (χ1v) is 14.7. The molecular weight excluding hydrogens is 462 g/mol. The van der Waals surface area contributed by atoms with Crippen molar-refractivity contribution in [1.82, 2.24) is 4.90 Å². The highest BCUT2D eigenvalue weighted by atomic mass is 16.5. The van der Waals surface area contributed by atoms with Gasteiger partial charge in [0.05, 0.1) is 6.61 Å². The van der Waals surface area contributed by atoms with Gasteiger partial charge in [0, 0.05) is 0 Å². The van der Waals surface area contributed by atoms with E-state index in [-0.39, 0.29) is 0 Å². The van der Waals surface area contributed by atoms with E-state index in [2.05, 4.69) is 106 Å². The number of rotatable bonds is 15. The van der Waals surface area contributed by atoms with Crippen molar-refractivity contribution in [2.75, 3.05) is 26.7 Å². The highest BCUT2D eigenvalue weighted by Crippen LogP contribution is 2.31. The first kappa shape index (κ1) is 29.7. The van der Waals surface area contributed by atoms with Crippen molar-refractivity contribution < 1.29 is 4.74 Å². The predicted molar refractivity (Wildman–Crippen MR) is 166 cm³/mol. The molecule has 0 heterocycles. The van der Waals surface area contributed by atoms with E-state index in [4.69, 9.17) is 4.74 Å². The van der Waals surface area contributed by atoms with E-state index in [0.717, 1.165) is 54.8 Å². The lowest BCUT2D eigenvalue weighted by Crippen LogP contribution is -2.22. The highest BCUT2D eigenvalue weighted by molar-refractivity contribution is 5.79. The Hall–Kier alpha value is -2.84. The quantitative estimate of drug-likeness (QED) is 0.236. The van der Waals surface area contributed by atoms with Crippen LogP contribution >= 0.6 is 0 Å². The molecule has 1 aliphatic rings. The van der Waals surface area contributed by atoms with Gasteiger partial charge in [-0.05, 0) is 123 Å². The lowest BCUT2D eigenvalue weighted by molar-refractivity contribution is 0.310. The van der Waals surface area contributed by atoms with Crippen LogP contribution in [-0.2, 0) is 6.42 Å². The second-order valence-electron chi connectivity index (χ2n) is 10.7. The lowest BCUT2D eigenvalue weighted by Gasteiger charge is -2.22. The van der Waals surface area contributed by atoms with Crippen molar-refractivity contribution >= 4 is 5.57 Å². The molecule has 0 saturated carbocycles. The molecule has 2 aromatic carbocycles. The van der Waals surface area contributed by atoms with E-state index in [1.807, 2.05) is 6.92 Å². The molecule has 0 radical (unpaired) electrons. The van der Waals surface area contributed by atoms with Crippen LogP contribution < -0.4 is 4.74 Å². The Morgan fingerprint density at radius 1 is 1.00 bits per heavy atom. The standard InChI is InChI=1S/C36H49NO/c1-7-12-33(34-22-17-30(8-2)18-23-34)24-26-37(6)25-11-14-31-13-10-15-32(21-19-31)29(5)35-20-16-28(4)36(27-35)38-9-3/h10,13,16-23,27,33H,5,7-9,11-12,14-15,24-26H2,1-4,6H3. The van der Waals surface area contributed by atoms with Crippen LogP contribution in [0.1, 0.15) is 87.5 Å². The minimum atomic E-state index is 0.663. The molecule has 0 fully saturated rings. The largest absolute Gasteiger partial charge is 0.494 e. The summed E-state index contributed by atoms with van der Waals surface area (Å²) in [6, 6.07) is 15.7. The molecule has 2 aromatic rings. The number of benzene rings is 2. The van der Waals surface area contributed by atoms with Gasteiger partial charge in [0.25, 0.3) is 0 Å². The Morgan fingerprint density at radius 2 is 1.79 bits per heavy atom. The normalized spacial score (nSPS) is 14.2. The van der Waals surface area contributed by atoms with Gasteiger partial charge in [0.1, 0.15) is 5.75 Å². The second-order valence-corrected chi connectivity index (χ2v) is 10.7. The Labute approximate surface area is 232 Å². The Kier molecular flexibility index (Phi) is 12.2. The van der Waals surface area contributed by atoms with Gasteiger partial charge in [-0.15, -0.1) is 0 Å². The molecule has 1 unspecified atom stereocenters. The summed E-state index contributed by atoms with van der Waals surface area (Å²) in [6.07, 6.45) is 17.2. The molecule has 0 saturated heterocycles. The minimum Gasteiger partial charge on any atom is -0.494 e. The van der Waals surface area contributed by atoms with E-state index < -0.39 is 0 Å². The summed E-state index contributed by atoms with van der Waals surface area (Å²) in [5, 5.41) is 0. The van der Waals surface area contributed by atoms with Crippen LogP contribution in [0, 0.1) is 6.92 Å². The van der Waals surface area contributed by atoms with E-state index in [1.54, 1.807) is 0 Å². The number of aryl methyl sites for hydroxylation is 2. The molecule has 1 atom stereocenters. The maximum atomic E-state index is 5.80. The van der Waals surface area contributed by atoms with Gasteiger partial charge < -0.3 is 9.64 Å². The Morgan fingerprint density at radius 3 is 2.50 bits per heavy atom. The fourth-order valence-electron chi connectivity index (χ4n) is 5.24. The number of hydrogen-bond acceptors (Lipinski definition) is 2. The van der Waals surface area contributed by atoms with Crippen LogP contribution in [0.2, 0.25) is 0 Å². The average molecular weight is 512 g/mol. The van der Waals surface area contributed by atoms with Gasteiger partial charge in [-0.1, -0.05) is 87.5 Å². The molecule has 38 heavy (non-hydrogen) atoms. The van der Waals surface area contributed by atoms with Gasteiger partial charge >= 0.3 is 0 Å². The Bertz CT molecular complexity index is 1120. The van der Waals surface area contributed by atoms with Gasteiger partial charge in [0.15, 0.2) is 0 Å². The van der Waals surface area contributed by atoms with Crippen LogP contribution in [0.4, 0.5) is 0 Å². The van der Waals surface area contributed by atoms with Gasteiger partial charge in [-0.25, -0.2) is 0 Å². The molecule has 2 nitrogen and oxygen atoms in total. The summed E-state index contributed by atoms with van der Waals surface area (Å²) in [6.45, 7) is 16.0. The zero-order chi connectivity index (χ0) is 27.3. The second kappa shape index (κ2) is 15.5. The molecule has 0 aliphatic heterocycles. The molecule has 2 heteroatoms. The first-order chi connectivity index (χ1) is 18.4. The molecule has 3 rings (SSSR count). The Balaban J connectivity index is 1.50. The highest BCUT2D eigenvalue weighted by Gasteiger charge is 2.13. The van der Waals surface area contributed by atoms with E-state index >= 15 is 0 Å². The van der Waals surface area contributed by atoms with Gasteiger partial charge in [0.2, 0.25) is 0 Å². The summed E-state index contributed by atoms with van der Waals surface area (Å²) in [5.74, 6) is 1.61. The van der Waals surface area contributed by atoms with Crippen LogP contribution in [0.5, 0.6) is 5.75 Å². The summed E-state index contributed by atoms with van der Waals surface area (Å²) in [5.41, 5.74) is 9.00. The number of hydrogen-bond donors (Lipinski definition) is 0. The number of allylic oxidation sites excluding steroid dienone is 7. The summed E-state index contributed by atoms with van der Waals surface area (Å²) in [7, 11) is 2.28. The molecule has 0 amide bonds. The summed E-state index contributed by atoms with van der Waals surface area (Å²) >= 11 is 0. The van der Waals surface area contributed by atoms with Crippen molar-refractivity contribution in [3.8, 4) is 5.75 Å². The van der Waals surface area contributed by atoms with Crippen molar-refractivity contribution in [2.45, 2.75) is 78.6 Å². The van der Waals surface area contributed by atoms with Crippen molar-refractivity contribution in [1.29, 1.82) is 0 Å². The predicted octanol–water partition coefficient (Wildman–Crippen LogP) is 9.47. The van der Waals surface area contributed by atoms with Crippen molar-refractivity contribution in [2.24, 2.45) is 0 Å². The third kappa shape index (κ3) is 8.88. The SMILES string of the molecule is C=C(C1=CC=C(CCCN(C)CCC(CCC)c2ccc(CC)cc2)C=CC1)c1ccc(C)c(OCC)c1. The zero-order valence-electron chi connectivity index (χ0n) is 24.6. The van der Waals surface area contributed by atoms with Gasteiger partial charge in [-0.3, -0.25) is 0 Å². The molecular formula is C36H49NO. The number of ether oxygens (including phenoxy) is 1. The van der Waals surface area contributed by atoms with Crippen LogP contribution in [-0.4, -0.2) is 31.6 Å².